The number of carboxylic acids is 1. The zero-order valence-electron chi connectivity index (χ0n) is 22.5. The third-order valence-corrected chi connectivity index (χ3v) is 12.0. The van der Waals surface area contributed by atoms with Crippen molar-refractivity contribution in [3.05, 3.63) is 50.9 Å². The largest absolute Gasteiger partial charge is 0.481 e. The van der Waals surface area contributed by atoms with Crippen molar-refractivity contribution in [3.63, 3.8) is 0 Å². The highest BCUT2D eigenvalue weighted by Crippen LogP contribution is 2.40. The summed E-state index contributed by atoms with van der Waals surface area (Å²) in [4.78, 5) is 33.7. The van der Waals surface area contributed by atoms with Gasteiger partial charge in [-0.05, 0) is 57.1 Å². The lowest BCUT2D eigenvalue weighted by molar-refractivity contribution is -0.142. The number of hydrogen-bond donors (Lipinski definition) is 2. The molecule has 2 fully saturated rings. The molecule has 2 aliphatic carbocycles. The van der Waals surface area contributed by atoms with Crippen molar-refractivity contribution in [2.75, 3.05) is 20.2 Å². The Labute approximate surface area is 247 Å². The number of esters is 1. The zero-order chi connectivity index (χ0) is 29.3. The van der Waals surface area contributed by atoms with Gasteiger partial charge in [-0.15, -0.1) is 11.3 Å². The molecule has 1 aromatic heterocycles. The maximum atomic E-state index is 13.9. The molecule has 5 rings (SSSR count). The first kappa shape index (κ1) is 29.9. The van der Waals surface area contributed by atoms with E-state index >= 15 is 0 Å². The summed E-state index contributed by atoms with van der Waals surface area (Å²) >= 11 is 7.87. The summed E-state index contributed by atoms with van der Waals surface area (Å²) in [5, 5.41) is 14.7. The molecular weight excluding hydrogens is 595 g/mol. The van der Waals surface area contributed by atoms with Gasteiger partial charge in [-0.3, -0.25) is 9.79 Å². The molecule has 222 valence electrons. The normalized spacial score (nSPS) is 28.3. The average molecular weight is 627 g/mol. The van der Waals surface area contributed by atoms with Gasteiger partial charge in [0, 0.05) is 47.2 Å². The van der Waals surface area contributed by atoms with Gasteiger partial charge in [0.05, 0.1) is 29.9 Å². The van der Waals surface area contributed by atoms with E-state index in [9.17, 15) is 27.5 Å². The fourth-order valence-electron chi connectivity index (χ4n) is 6.14. The SMILES string of the molecule is COC(=O)C1=C(C2CCN(S(=O)(=O)[C@H]3CC[C@H](C(=O)O)CC3)CC2)NC(c2nccs2)=N[C@@H]1C1CC=C(F)C=C1Cl. The van der Waals surface area contributed by atoms with E-state index in [0.717, 1.165) is 0 Å². The number of carbonyl (C=O) groups is 2. The topological polar surface area (TPSA) is 138 Å². The van der Waals surface area contributed by atoms with Crippen LogP contribution < -0.4 is 5.32 Å². The van der Waals surface area contributed by atoms with Crippen LogP contribution in [0, 0.1) is 17.8 Å². The summed E-state index contributed by atoms with van der Waals surface area (Å²) in [6.45, 7) is 0.524. The molecule has 10 nitrogen and oxygen atoms in total. The molecule has 3 heterocycles. The van der Waals surface area contributed by atoms with Gasteiger partial charge < -0.3 is 15.2 Å². The number of sulfonamides is 1. The minimum atomic E-state index is -3.60. The molecular formula is C27H32ClFN4O6S2. The summed E-state index contributed by atoms with van der Waals surface area (Å²) in [5.74, 6) is -2.61. The monoisotopic (exact) mass is 626 g/mol. The second-order valence-corrected chi connectivity index (χ2v) is 14.2. The average Bonchev–Trinajstić information content (AvgIpc) is 3.51. The number of aromatic nitrogens is 1. The lowest BCUT2D eigenvalue weighted by atomic mass is 9.82. The van der Waals surface area contributed by atoms with Crippen molar-refractivity contribution >= 4 is 50.7 Å². The predicted molar refractivity (Wildman–Crippen MR) is 152 cm³/mol. The van der Waals surface area contributed by atoms with E-state index in [1.165, 1.54) is 34.9 Å². The molecule has 14 heteroatoms. The Kier molecular flexibility index (Phi) is 8.98. The van der Waals surface area contributed by atoms with Crippen molar-refractivity contribution in [1.29, 1.82) is 0 Å². The number of ether oxygens (including phenoxy) is 1. The van der Waals surface area contributed by atoms with E-state index < -0.39 is 50.9 Å². The standard InChI is InChI=1S/C27H32ClFN4O6S2/c1-39-27(36)21-22(15-8-11-33(12-9-15)41(37,38)18-5-2-16(3-6-18)26(34)35)31-24(25-30-10-13-40-25)32-23(21)19-7-4-17(29)14-20(19)28/h4,10,13-16,18-19,23H,2-3,5-9,11-12H2,1H3,(H,31,32)(H,34,35)/t16-,18-,19?,23-/m1/s1. The highest BCUT2D eigenvalue weighted by Gasteiger charge is 2.43. The second-order valence-electron chi connectivity index (χ2n) is 10.7. The third kappa shape index (κ3) is 6.13. The Morgan fingerprint density at radius 3 is 2.49 bits per heavy atom. The number of thiazole rings is 1. The smallest absolute Gasteiger partial charge is 0.337 e. The number of nitrogens with zero attached hydrogens (tertiary/aromatic N) is 3. The molecule has 0 radical (unpaired) electrons. The second kappa shape index (κ2) is 12.3. The third-order valence-electron chi connectivity index (χ3n) is 8.39. The Hall–Kier alpha value is -2.61. The molecule has 4 aliphatic rings. The minimum absolute atomic E-state index is 0.204. The van der Waals surface area contributed by atoms with E-state index in [2.05, 4.69) is 10.3 Å². The van der Waals surface area contributed by atoms with Gasteiger partial charge in [-0.1, -0.05) is 11.6 Å². The highest BCUT2D eigenvalue weighted by molar-refractivity contribution is 7.89. The van der Waals surface area contributed by atoms with Crippen LogP contribution in [0.4, 0.5) is 4.39 Å². The first-order valence-corrected chi connectivity index (χ1v) is 16.4. The van der Waals surface area contributed by atoms with Crippen LogP contribution in [-0.2, 0) is 24.3 Å². The number of aliphatic imine (C=N–C) groups is 1. The van der Waals surface area contributed by atoms with Gasteiger partial charge in [0.15, 0.2) is 10.8 Å². The molecule has 41 heavy (non-hydrogen) atoms. The lowest BCUT2D eigenvalue weighted by Gasteiger charge is -2.39. The number of carboxylic acid groups (broad SMARTS) is 1. The van der Waals surface area contributed by atoms with Crippen LogP contribution in [0.1, 0.15) is 50.0 Å². The van der Waals surface area contributed by atoms with Crippen LogP contribution in [0.15, 0.2) is 50.9 Å². The number of halogens is 2. The van der Waals surface area contributed by atoms with Crippen molar-refractivity contribution in [3.8, 4) is 0 Å². The van der Waals surface area contributed by atoms with E-state index in [-0.39, 0.29) is 30.5 Å². The fourth-order valence-corrected chi connectivity index (χ4v) is 9.05. The Morgan fingerprint density at radius 2 is 1.90 bits per heavy atom. The summed E-state index contributed by atoms with van der Waals surface area (Å²) < 4.78 is 47.5. The number of allylic oxidation sites excluding steroid dienone is 4. The van der Waals surface area contributed by atoms with Gasteiger partial charge in [-0.25, -0.2) is 26.9 Å². The number of aliphatic carboxylic acids is 1. The van der Waals surface area contributed by atoms with Crippen molar-refractivity contribution in [2.45, 2.75) is 56.2 Å². The molecule has 1 unspecified atom stereocenters. The minimum Gasteiger partial charge on any atom is -0.481 e. The van der Waals surface area contributed by atoms with E-state index in [4.69, 9.17) is 21.3 Å². The lowest BCUT2D eigenvalue weighted by Crippen LogP contribution is -2.47. The summed E-state index contributed by atoms with van der Waals surface area (Å²) in [6, 6.07) is -0.753. The van der Waals surface area contributed by atoms with Crippen molar-refractivity contribution < 1.29 is 32.2 Å². The van der Waals surface area contributed by atoms with Gasteiger partial charge in [0.25, 0.3) is 0 Å². The van der Waals surface area contributed by atoms with Crippen LogP contribution in [0.25, 0.3) is 0 Å². The number of hydrogen-bond acceptors (Lipinski definition) is 9. The maximum absolute atomic E-state index is 13.9. The molecule has 0 amide bonds. The van der Waals surface area contributed by atoms with Crippen LogP contribution in [0.5, 0.6) is 0 Å². The Balaban J connectivity index is 1.40. The molecule has 1 aromatic rings. The molecule has 2 N–H and O–H groups in total. The number of methoxy groups -OCH3 is 1. The molecule has 2 atom stereocenters. The number of amidine groups is 1. The first-order chi connectivity index (χ1) is 19.6. The number of carbonyl (C=O) groups excluding carboxylic acids is 1. The molecule has 0 aromatic carbocycles. The molecule has 1 saturated heterocycles. The molecule has 1 saturated carbocycles. The molecule has 2 aliphatic heterocycles. The van der Waals surface area contributed by atoms with Gasteiger partial charge in [0.1, 0.15) is 5.83 Å². The summed E-state index contributed by atoms with van der Waals surface area (Å²) in [7, 11) is -2.31. The Morgan fingerprint density at radius 1 is 1.20 bits per heavy atom. The van der Waals surface area contributed by atoms with E-state index in [1.54, 1.807) is 6.20 Å². The molecule has 0 bridgehead atoms. The van der Waals surface area contributed by atoms with Crippen LogP contribution in [0.2, 0.25) is 0 Å². The number of nitrogens with one attached hydrogen (secondary N) is 1. The number of rotatable bonds is 7. The predicted octanol–water partition coefficient (Wildman–Crippen LogP) is 3.97. The maximum Gasteiger partial charge on any atom is 0.337 e. The van der Waals surface area contributed by atoms with Crippen molar-refractivity contribution in [1.82, 2.24) is 14.6 Å². The van der Waals surface area contributed by atoms with Gasteiger partial charge in [-0.2, -0.15) is 0 Å². The van der Waals surface area contributed by atoms with Crippen LogP contribution in [-0.4, -0.2) is 72.1 Å². The molecule has 0 spiro atoms. The zero-order valence-corrected chi connectivity index (χ0v) is 24.9. The summed E-state index contributed by atoms with van der Waals surface area (Å²) in [5.41, 5.74) is 0.897. The highest BCUT2D eigenvalue weighted by atomic mass is 35.5. The van der Waals surface area contributed by atoms with Crippen LogP contribution in [0.3, 0.4) is 0 Å². The van der Waals surface area contributed by atoms with Gasteiger partial charge in [0.2, 0.25) is 10.0 Å². The van der Waals surface area contributed by atoms with Crippen LogP contribution >= 0.6 is 22.9 Å². The van der Waals surface area contributed by atoms with E-state index in [0.29, 0.717) is 60.6 Å². The first-order valence-electron chi connectivity index (χ1n) is 13.6. The quantitative estimate of drug-likeness (QED) is 0.434. The Bertz CT molecular complexity index is 1410. The van der Waals surface area contributed by atoms with Gasteiger partial charge >= 0.3 is 11.9 Å². The fraction of sp³-hybridized carbons (Fsp3) is 0.556. The van der Waals surface area contributed by atoms with Crippen molar-refractivity contribution in [2.24, 2.45) is 22.7 Å². The summed E-state index contributed by atoms with van der Waals surface area (Å²) in [6.07, 6.45) is 6.82. The number of piperidine rings is 1. The van der Waals surface area contributed by atoms with E-state index in [1.807, 2.05) is 5.38 Å².